The van der Waals surface area contributed by atoms with Crippen molar-refractivity contribution in [1.82, 2.24) is 10.9 Å². The quantitative estimate of drug-likeness (QED) is 0.655. The molecule has 6 heteroatoms. The monoisotopic (exact) mass is 286 g/mol. The van der Waals surface area contributed by atoms with E-state index in [0.717, 1.165) is 10.8 Å². The fourth-order valence-corrected chi connectivity index (χ4v) is 1.81. The molecule has 0 radical (unpaired) electrons. The van der Waals surface area contributed by atoms with E-state index in [-0.39, 0.29) is 0 Å². The standard InChI is InChI=1S/C15H14N2O4/c1-10(18)16-17-14(19)9-21-15(20)13-8-4-6-11-5-2-3-7-12(11)13/h2-8H,9H2,1H3,(H,16,18)(H,17,19). The molecule has 0 saturated carbocycles. The van der Waals surface area contributed by atoms with Crippen molar-refractivity contribution < 1.29 is 19.1 Å². The van der Waals surface area contributed by atoms with Crippen LogP contribution in [0.15, 0.2) is 42.5 Å². The molecule has 6 nitrogen and oxygen atoms in total. The molecule has 2 rings (SSSR count). The Balaban J connectivity index is 2.03. The average molecular weight is 286 g/mol. The highest BCUT2D eigenvalue weighted by Gasteiger charge is 2.13. The molecule has 0 atom stereocenters. The number of hydrogen-bond donors (Lipinski definition) is 2. The van der Waals surface area contributed by atoms with Gasteiger partial charge in [-0.1, -0.05) is 36.4 Å². The SMILES string of the molecule is CC(=O)NNC(=O)COC(=O)c1cccc2ccccc12. The first-order valence-electron chi connectivity index (χ1n) is 6.28. The third-order valence-corrected chi connectivity index (χ3v) is 2.72. The molecule has 0 fully saturated rings. The number of hydrazine groups is 1. The molecule has 0 heterocycles. The van der Waals surface area contributed by atoms with Crippen molar-refractivity contribution in [3.05, 3.63) is 48.0 Å². The first-order chi connectivity index (χ1) is 10.1. The van der Waals surface area contributed by atoms with Crippen LogP contribution < -0.4 is 10.9 Å². The number of amides is 2. The molecule has 0 aliphatic heterocycles. The van der Waals surface area contributed by atoms with Gasteiger partial charge in [0, 0.05) is 6.92 Å². The Morgan fingerprint density at radius 2 is 1.71 bits per heavy atom. The highest BCUT2D eigenvalue weighted by Crippen LogP contribution is 2.19. The van der Waals surface area contributed by atoms with Crippen molar-refractivity contribution in [3.63, 3.8) is 0 Å². The molecular formula is C15H14N2O4. The minimum Gasteiger partial charge on any atom is -0.452 e. The summed E-state index contributed by atoms with van der Waals surface area (Å²) in [5, 5.41) is 1.67. The van der Waals surface area contributed by atoms with Gasteiger partial charge in [-0.05, 0) is 16.8 Å². The van der Waals surface area contributed by atoms with Gasteiger partial charge in [-0.15, -0.1) is 0 Å². The van der Waals surface area contributed by atoms with Gasteiger partial charge in [0.1, 0.15) is 0 Å². The van der Waals surface area contributed by atoms with E-state index in [9.17, 15) is 14.4 Å². The number of fused-ring (bicyclic) bond motifs is 1. The first kappa shape index (κ1) is 14.5. The molecule has 0 saturated heterocycles. The number of benzene rings is 2. The maximum absolute atomic E-state index is 12.0. The second-order valence-corrected chi connectivity index (χ2v) is 4.33. The number of ether oxygens (including phenoxy) is 1. The maximum atomic E-state index is 12.0. The van der Waals surface area contributed by atoms with Gasteiger partial charge in [-0.2, -0.15) is 0 Å². The topological polar surface area (TPSA) is 84.5 Å². The van der Waals surface area contributed by atoms with Gasteiger partial charge in [0.15, 0.2) is 6.61 Å². The maximum Gasteiger partial charge on any atom is 0.339 e. The lowest BCUT2D eigenvalue weighted by molar-refractivity contribution is -0.129. The van der Waals surface area contributed by atoms with Gasteiger partial charge in [0.25, 0.3) is 5.91 Å². The summed E-state index contributed by atoms with van der Waals surface area (Å²) in [6.45, 7) is 0.782. The number of nitrogens with one attached hydrogen (secondary N) is 2. The molecular weight excluding hydrogens is 272 g/mol. The Kier molecular flexibility index (Phi) is 4.50. The summed E-state index contributed by atoms with van der Waals surface area (Å²) in [5.41, 5.74) is 4.61. The van der Waals surface area contributed by atoms with Crippen molar-refractivity contribution >= 4 is 28.6 Å². The largest absolute Gasteiger partial charge is 0.452 e. The molecule has 2 N–H and O–H groups in total. The molecule has 0 aromatic heterocycles. The van der Waals surface area contributed by atoms with E-state index in [0.29, 0.717) is 5.56 Å². The number of rotatable bonds is 3. The van der Waals surface area contributed by atoms with Gasteiger partial charge in [-0.3, -0.25) is 20.4 Å². The van der Waals surface area contributed by atoms with Crippen LogP contribution >= 0.6 is 0 Å². The predicted octanol–water partition coefficient (Wildman–Crippen LogP) is 1.16. The van der Waals surface area contributed by atoms with Gasteiger partial charge in [0.05, 0.1) is 5.56 Å². The second-order valence-electron chi connectivity index (χ2n) is 4.33. The Morgan fingerprint density at radius 3 is 2.48 bits per heavy atom. The smallest absolute Gasteiger partial charge is 0.339 e. The Morgan fingerprint density at radius 1 is 1.00 bits per heavy atom. The summed E-state index contributed by atoms with van der Waals surface area (Å²) >= 11 is 0. The van der Waals surface area contributed by atoms with E-state index in [4.69, 9.17) is 4.74 Å². The number of esters is 1. The fraction of sp³-hybridized carbons (Fsp3) is 0.133. The minimum atomic E-state index is -0.612. The van der Waals surface area contributed by atoms with Gasteiger partial charge >= 0.3 is 5.97 Å². The van der Waals surface area contributed by atoms with E-state index in [1.165, 1.54) is 6.92 Å². The third kappa shape index (κ3) is 3.79. The highest BCUT2D eigenvalue weighted by atomic mass is 16.5. The van der Waals surface area contributed by atoms with Gasteiger partial charge < -0.3 is 4.74 Å². The summed E-state index contributed by atoms with van der Waals surface area (Å²) in [7, 11) is 0. The zero-order valence-corrected chi connectivity index (χ0v) is 11.4. The van der Waals surface area contributed by atoms with Crippen molar-refractivity contribution in [2.45, 2.75) is 6.92 Å². The molecule has 2 aromatic carbocycles. The van der Waals surface area contributed by atoms with Crippen LogP contribution in [0.1, 0.15) is 17.3 Å². The molecule has 2 amide bonds. The summed E-state index contributed by atoms with van der Waals surface area (Å²) < 4.78 is 4.93. The first-order valence-corrected chi connectivity index (χ1v) is 6.28. The van der Waals surface area contributed by atoms with Crippen LogP contribution in [0.5, 0.6) is 0 Å². The normalized spacial score (nSPS) is 9.95. The minimum absolute atomic E-state index is 0.389. The van der Waals surface area contributed by atoms with Crippen molar-refractivity contribution in [2.75, 3.05) is 6.61 Å². The van der Waals surface area contributed by atoms with E-state index in [1.54, 1.807) is 12.1 Å². The molecule has 2 aromatic rings. The van der Waals surface area contributed by atoms with Crippen LogP contribution in [0.3, 0.4) is 0 Å². The van der Waals surface area contributed by atoms with Crippen LogP contribution in [-0.2, 0) is 14.3 Å². The molecule has 21 heavy (non-hydrogen) atoms. The van der Waals surface area contributed by atoms with Gasteiger partial charge in [-0.25, -0.2) is 4.79 Å². The third-order valence-electron chi connectivity index (χ3n) is 2.72. The second kappa shape index (κ2) is 6.51. The van der Waals surface area contributed by atoms with Crippen LogP contribution in [0.2, 0.25) is 0 Å². The van der Waals surface area contributed by atoms with Crippen LogP contribution in [0, 0.1) is 0 Å². The molecule has 108 valence electrons. The predicted molar refractivity (Wildman–Crippen MR) is 76.2 cm³/mol. The number of carbonyl (C=O) groups is 3. The Hall–Kier alpha value is -2.89. The lowest BCUT2D eigenvalue weighted by Gasteiger charge is -2.08. The number of hydrogen-bond acceptors (Lipinski definition) is 4. The molecule has 0 bridgehead atoms. The summed E-state index contributed by atoms with van der Waals surface area (Å²) in [4.78, 5) is 34.0. The van der Waals surface area contributed by atoms with E-state index in [1.807, 2.05) is 30.3 Å². The van der Waals surface area contributed by atoms with Crippen molar-refractivity contribution in [2.24, 2.45) is 0 Å². The van der Waals surface area contributed by atoms with Crippen LogP contribution in [0.4, 0.5) is 0 Å². The van der Waals surface area contributed by atoms with Crippen molar-refractivity contribution in [3.8, 4) is 0 Å². The van der Waals surface area contributed by atoms with E-state index >= 15 is 0 Å². The van der Waals surface area contributed by atoms with Crippen LogP contribution in [-0.4, -0.2) is 24.4 Å². The van der Waals surface area contributed by atoms with Crippen molar-refractivity contribution in [1.29, 1.82) is 0 Å². The molecule has 0 aliphatic rings. The molecule has 0 spiro atoms. The highest BCUT2D eigenvalue weighted by molar-refractivity contribution is 6.04. The zero-order valence-electron chi connectivity index (χ0n) is 11.4. The average Bonchev–Trinajstić information content (AvgIpc) is 2.50. The molecule has 0 unspecified atom stereocenters. The molecule has 0 aliphatic carbocycles. The number of carbonyl (C=O) groups excluding carboxylic acids is 3. The van der Waals surface area contributed by atoms with Gasteiger partial charge in [0.2, 0.25) is 5.91 Å². The lowest BCUT2D eigenvalue weighted by Crippen LogP contribution is -2.42. The van der Waals surface area contributed by atoms with E-state index < -0.39 is 24.4 Å². The lowest BCUT2D eigenvalue weighted by atomic mass is 10.1. The van der Waals surface area contributed by atoms with Crippen LogP contribution in [0.25, 0.3) is 10.8 Å². The summed E-state index contributed by atoms with van der Waals surface area (Å²) in [6.07, 6.45) is 0. The zero-order chi connectivity index (χ0) is 15.2. The van der Waals surface area contributed by atoms with E-state index in [2.05, 4.69) is 10.9 Å². The Bertz CT molecular complexity index is 692. The Labute approximate surface area is 121 Å². The summed E-state index contributed by atoms with van der Waals surface area (Å²) in [5.74, 6) is -1.62. The fourth-order valence-electron chi connectivity index (χ4n) is 1.81. The summed E-state index contributed by atoms with van der Waals surface area (Å²) in [6, 6.07) is 12.7.